The molecule has 1 fully saturated rings. The molecule has 190 valence electrons. The first kappa shape index (κ1) is 26.9. The second-order valence-electron chi connectivity index (χ2n) is 9.86. The molecule has 0 aliphatic carbocycles. The van der Waals surface area contributed by atoms with Gasteiger partial charge in [-0.25, -0.2) is 0 Å². The number of unbranched alkanes of at least 4 members (excludes halogenated alkanes) is 4. The van der Waals surface area contributed by atoms with Crippen LogP contribution in [0.4, 0.5) is 0 Å². The Morgan fingerprint density at radius 1 is 0.829 bits per heavy atom. The van der Waals surface area contributed by atoms with Gasteiger partial charge in [0.1, 0.15) is 12.1 Å². The molecule has 1 saturated heterocycles. The van der Waals surface area contributed by atoms with Gasteiger partial charge in [0.2, 0.25) is 11.8 Å². The first-order chi connectivity index (χ1) is 17.0. The van der Waals surface area contributed by atoms with E-state index >= 15 is 0 Å². The molecule has 1 aliphatic rings. The Kier molecular flexibility index (Phi) is 10.3. The molecule has 5 nitrogen and oxygen atoms in total. The van der Waals surface area contributed by atoms with E-state index in [1.165, 1.54) is 24.0 Å². The number of hydrogen-bond acceptors (Lipinski definition) is 3. The number of hydrogen-bond donors (Lipinski definition) is 1. The summed E-state index contributed by atoms with van der Waals surface area (Å²) in [6, 6.07) is 16.3. The second kappa shape index (κ2) is 13.4. The molecule has 1 unspecified atom stereocenters. The first-order valence-corrected chi connectivity index (χ1v) is 13.4. The fraction of sp³-hybridized carbons (Fsp3) is 0.533. The monoisotopic (exact) mass is 477 g/mol. The van der Waals surface area contributed by atoms with Crippen molar-refractivity contribution >= 4 is 11.8 Å². The molecule has 5 heteroatoms. The number of nitrogens with zero attached hydrogens (tertiary/aromatic N) is 2. The van der Waals surface area contributed by atoms with Gasteiger partial charge in [0.05, 0.1) is 0 Å². The van der Waals surface area contributed by atoms with Crippen molar-refractivity contribution in [2.24, 2.45) is 0 Å². The number of carbonyl (C=O) groups excluding carboxylic acids is 2. The normalized spacial score (nSPS) is 18.4. The summed E-state index contributed by atoms with van der Waals surface area (Å²) in [6.45, 7) is 8.83. The predicted molar refractivity (Wildman–Crippen MR) is 144 cm³/mol. The third kappa shape index (κ3) is 7.17. The standard InChI is InChI=1S/C30H43N3O2/c1-5-7-9-10-19-33-23(3)29(34)32(4)28(30(33)35)21-24-14-16-26(17-15-24)27-13-11-12-25(20-27)22-31-18-8-6-2/h11-17,20,23,28,31H,5-10,18-19,21-22H2,1-4H3/t23-,28?/m0/s1. The summed E-state index contributed by atoms with van der Waals surface area (Å²) in [5.74, 6) is 0.106. The molecule has 0 spiro atoms. The summed E-state index contributed by atoms with van der Waals surface area (Å²) in [4.78, 5) is 29.7. The van der Waals surface area contributed by atoms with Crippen LogP contribution in [-0.2, 0) is 22.6 Å². The number of carbonyl (C=O) groups is 2. The largest absolute Gasteiger partial charge is 0.332 e. The van der Waals surface area contributed by atoms with Crippen LogP contribution in [0.3, 0.4) is 0 Å². The van der Waals surface area contributed by atoms with Gasteiger partial charge < -0.3 is 15.1 Å². The minimum Gasteiger partial charge on any atom is -0.332 e. The fourth-order valence-electron chi connectivity index (χ4n) is 4.82. The van der Waals surface area contributed by atoms with Crippen molar-refractivity contribution in [2.45, 2.75) is 84.3 Å². The number of piperazine rings is 1. The Bertz CT molecular complexity index is 956. The molecule has 35 heavy (non-hydrogen) atoms. The van der Waals surface area contributed by atoms with E-state index in [1.54, 1.807) is 16.8 Å². The van der Waals surface area contributed by atoms with Crippen LogP contribution < -0.4 is 5.32 Å². The van der Waals surface area contributed by atoms with E-state index in [2.05, 4.69) is 67.7 Å². The van der Waals surface area contributed by atoms with Gasteiger partial charge in [0.25, 0.3) is 0 Å². The van der Waals surface area contributed by atoms with E-state index in [9.17, 15) is 9.59 Å². The summed E-state index contributed by atoms with van der Waals surface area (Å²) in [7, 11) is 1.77. The quantitative estimate of drug-likeness (QED) is 0.392. The third-order valence-electron chi connectivity index (χ3n) is 7.14. The van der Waals surface area contributed by atoms with Crippen LogP contribution >= 0.6 is 0 Å². The Balaban J connectivity index is 1.66. The van der Waals surface area contributed by atoms with Gasteiger partial charge in [-0.2, -0.15) is 0 Å². The maximum absolute atomic E-state index is 13.3. The van der Waals surface area contributed by atoms with E-state index < -0.39 is 6.04 Å². The minimum atomic E-state index is -0.437. The van der Waals surface area contributed by atoms with Crippen LogP contribution in [0.1, 0.15) is 70.4 Å². The molecule has 2 aromatic rings. The van der Waals surface area contributed by atoms with Crippen molar-refractivity contribution in [3.8, 4) is 11.1 Å². The number of likely N-dealkylation sites (N-methyl/N-ethyl adjacent to an activating group) is 1. The summed E-state index contributed by atoms with van der Waals surface area (Å²) in [6.07, 6.45) is 7.31. The smallest absolute Gasteiger partial charge is 0.246 e. The van der Waals surface area contributed by atoms with E-state index in [-0.39, 0.29) is 17.9 Å². The average molecular weight is 478 g/mol. The molecule has 1 N–H and O–H groups in total. The van der Waals surface area contributed by atoms with E-state index in [0.717, 1.165) is 49.9 Å². The van der Waals surface area contributed by atoms with Gasteiger partial charge in [-0.05, 0) is 54.6 Å². The number of rotatable bonds is 13. The maximum Gasteiger partial charge on any atom is 0.246 e. The Morgan fingerprint density at radius 2 is 1.57 bits per heavy atom. The SMILES string of the molecule is CCCCCCN1C(=O)C(Cc2ccc(-c3cccc(CNCCCC)c3)cc2)N(C)C(=O)[C@@H]1C. The summed E-state index contributed by atoms with van der Waals surface area (Å²) in [5, 5.41) is 3.51. The molecule has 3 rings (SSSR count). The Hall–Kier alpha value is -2.66. The second-order valence-corrected chi connectivity index (χ2v) is 9.86. The lowest BCUT2D eigenvalue weighted by Gasteiger charge is -2.42. The highest BCUT2D eigenvalue weighted by Gasteiger charge is 2.41. The van der Waals surface area contributed by atoms with Crippen molar-refractivity contribution in [2.75, 3.05) is 20.1 Å². The van der Waals surface area contributed by atoms with E-state index in [1.807, 2.05) is 6.92 Å². The van der Waals surface area contributed by atoms with Crippen LogP contribution in [-0.4, -0.2) is 53.8 Å². The molecule has 0 saturated carbocycles. The molecule has 2 aromatic carbocycles. The molecule has 1 aliphatic heterocycles. The van der Waals surface area contributed by atoms with Gasteiger partial charge in [-0.3, -0.25) is 9.59 Å². The van der Waals surface area contributed by atoms with Gasteiger partial charge in [-0.1, -0.05) is 82.0 Å². The summed E-state index contributed by atoms with van der Waals surface area (Å²) >= 11 is 0. The predicted octanol–water partition coefficient (Wildman–Crippen LogP) is 5.42. The molecule has 0 radical (unpaired) electrons. The van der Waals surface area contributed by atoms with Crippen LogP contribution in [0.15, 0.2) is 48.5 Å². The third-order valence-corrected chi connectivity index (χ3v) is 7.14. The Morgan fingerprint density at radius 3 is 2.29 bits per heavy atom. The zero-order valence-electron chi connectivity index (χ0n) is 22.1. The van der Waals surface area contributed by atoms with Crippen molar-refractivity contribution in [1.29, 1.82) is 0 Å². The highest BCUT2D eigenvalue weighted by molar-refractivity contribution is 5.96. The lowest BCUT2D eigenvalue weighted by atomic mass is 9.96. The highest BCUT2D eigenvalue weighted by atomic mass is 16.2. The van der Waals surface area contributed by atoms with Crippen molar-refractivity contribution in [3.05, 3.63) is 59.7 Å². The molecule has 2 atom stereocenters. The number of amides is 2. The Labute approximate surface area is 211 Å². The van der Waals surface area contributed by atoms with Crippen molar-refractivity contribution < 1.29 is 9.59 Å². The number of benzene rings is 2. The van der Waals surface area contributed by atoms with Gasteiger partial charge in [0.15, 0.2) is 0 Å². The maximum atomic E-state index is 13.3. The molecule has 0 aromatic heterocycles. The first-order valence-electron chi connectivity index (χ1n) is 13.4. The van der Waals surface area contributed by atoms with Crippen LogP contribution in [0, 0.1) is 0 Å². The summed E-state index contributed by atoms with van der Waals surface area (Å²) < 4.78 is 0. The topological polar surface area (TPSA) is 52.7 Å². The molecule has 0 bridgehead atoms. The lowest BCUT2D eigenvalue weighted by molar-refractivity contribution is -0.159. The van der Waals surface area contributed by atoms with Gasteiger partial charge in [-0.15, -0.1) is 0 Å². The molecular formula is C30H43N3O2. The number of nitrogens with one attached hydrogen (secondary N) is 1. The van der Waals surface area contributed by atoms with Gasteiger partial charge >= 0.3 is 0 Å². The zero-order valence-corrected chi connectivity index (χ0v) is 22.1. The summed E-state index contributed by atoms with van der Waals surface area (Å²) in [5.41, 5.74) is 4.71. The molecule has 2 amide bonds. The van der Waals surface area contributed by atoms with E-state index in [4.69, 9.17) is 0 Å². The van der Waals surface area contributed by atoms with Crippen LogP contribution in [0.2, 0.25) is 0 Å². The lowest BCUT2D eigenvalue weighted by Crippen LogP contribution is -2.63. The van der Waals surface area contributed by atoms with Crippen molar-refractivity contribution in [3.63, 3.8) is 0 Å². The zero-order chi connectivity index (χ0) is 25.2. The fourth-order valence-corrected chi connectivity index (χ4v) is 4.82. The molecule has 1 heterocycles. The molecular weight excluding hydrogens is 434 g/mol. The minimum absolute atomic E-state index is 0.0334. The average Bonchev–Trinajstić information content (AvgIpc) is 2.88. The highest BCUT2D eigenvalue weighted by Crippen LogP contribution is 2.24. The van der Waals surface area contributed by atoms with Crippen molar-refractivity contribution in [1.82, 2.24) is 15.1 Å². The van der Waals surface area contributed by atoms with E-state index in [0.29, 0.717) is 13.0 Å². The van der Waals surface area contributed by atoms with Crippen LogP contribution in [0.5, 0.6) is 0 Å². The van der Waals surface area contributed by atoms with Gasteiger partial charge in [0, 0.05) is 26.6 Å². The van der Waals surface area contributed by atoms with Crippen LogP contribution in [0.25, 0.3) is 11.1 Å².